The maximum atomic E-state index is 12.5. The Morgan fingerprint density at radius 1 is 1.20 bits per heavy atom. The number of ether oxygens (including phenoxy) is 1. The summed E-state index contributed by atoms with van der Waals surface area (Å²) in [5.74, 6) is -0.500. The Bertz CT molecular complexity index is 895. The summed E-state index contributed by atoms with van der Waals surface area (Å²) in [4.78, 5) is 37.1. The molecule has 30 heavy (non-hydrogen) atoms. The Morgan fingerprint density at radius 3 is 2.57 bits per heavy atom. The smallest absolute Gasteiger partial charge is 0.355 e. The van der Waals surface area contributed by atoms with Crippen LogP contribution in [0.15, 0.2) is 35.4 Å². The van der Waals surface area contributed by atoms with Crippen molar-refractivity contribution in [1.82, 2.24) is 5.32 Å². The lowest BCUT2D eigenvalue weighted by atomic mass is 9.69. The number of anilines is 1. The summed E-state index contributed by atoms with van der Waals surface area (Å²) < 4.78 is 5.22. The number of nitrogens with zero attached hydrogens (tertiary/aromatic N) is 2. The van der Waals surface area contributed by atoms with Crippen molar-refractivity contribution in [2.45, 2.75) is 58.9 Å². The Hall–Kier alpha value is -2.70. The molecule has 4 rings (SSSR count). The molecule has 0 aromatic heterocycles. The zero-order chi connectivity index (χ0) is 21.5. The van der Waals surface area contributed by atoms with Crippen LogP contribution in [0.2, 0.25) is 0 Å². The van der Waals surface area contributed by atoms with Crippen molar-refractivity contribution in [2.75, 3.05) is 11.6 Å². The number of para-hydroxylation sites is 1. The van der Waals surface area contributed by atoms with Crippen LogP contribution in [0.25, 0.3) is 0 Å². The number of carbonyl (C=O) groups excluding carboxylic acids is 3. The predicted molar refractivity (Wildman–Crippen MR) is 113 cm³/mol. The van der Waals surface area contributed by atoms with Crippen LogP contribution in [-0.2, 0) is 19.1 Å². The molecule has 1 N–H and O–H groups in total. The van der Waals surface area contributed by atoms with Crippen LogP contribution in [-0.4, -0.2) is 36.1 Å². The summed E-state index contributed by atoms with van der Waals surface area (Å²) in [6, 6.07) is 9.04. The molecule has 7 heteroatoms. The van der Waals surface area contributed by atoms with E-state index in [0.29, 0.717) is 11.6 Å². The highest BCUT2D eigenvalue weighted by molar-refractivity contribution is 6.38. The van der Waals surface area contributed by atoms with Gasteiger partial charge in [0.2, 0.25) is 5.91 Å². The van der Waals surface area contributed by atoms with Gasteiger partial charge in [-0.05, 0) is 48.1 Å². The highest BCUT2D eigenvalue weighted by Crippen LogP contribution is 2.65. The molecule has 1 heterocycles. The first-order valence-corrected chi connectivity index (χ1v) is 10.6. The van der Waals surface area contributed by atoms with Crippen molar-refractivity contribution in [2.24, 2.45) is 21.8 Å². The van der Waals surface area contributed by atoms with E-state index in [1.165, 1.54) is 11.4 Å². The van der Waals surface area contributed by atoms with Gasteiger partial charge in [0.25, 0.3) is 5.91 Å². The first-order valence-electron chi connectivity index (χ1n) is 10.6. The van der Waals surface area contributed by atoms with Crippen LogP contribution in [0.5, 0.6) is 0 Å². The fourth-order valence-electron chi connectivity index (χ4n) is 5.34. The zero-order valence-corrected chi connectivity index (χ0v) is 17.8. The molecule has 0 saturated heterocycles. The molecule has 2 saturated carbocycles. The molecule has 3 aliphatic rings. The van der Waals surface area contributed by atoms with Crippen LogP contribution >= 0.6 is 0 Å². The van der Waals surface area contributed by atoms with E-state index in [2.05, 4.69) is 31.2 Å². The van der Waals surface area contributed by atoms with Crippen molar-refractivity contribution >= 4 is 29.2 Å². The van der Waals surface area contributed by atoms with Crippen LogP contribution in [0.1, 0.15) is 52.9 Å². The lowest BCUT2D eigenvalue weighted by molar-refractivity contribution is -0.143. The lowest BCUT2D eigenvalue weighted by Gasteiger charge is -2.39. The molecule has 0 spiro atoms. The molecule has 160 valence electrons. The molecule has 1 aromatic carbocycles. The first-order chi connectivity index (χ1) is 14.2. The van der Waals surface area contributed by atoms with E-state index < -0.39 is 5.97 Å². The van der Waals surface area contributed by atoms with Gasteiger partial charge in [0.05, 0.1) is 5.69 Å². The van der Waals surface area contributed by atoms with Gasteiger partial charge in [0.1, 0.15) is 5.71 Å². The monoisotopic (exact) mass is 411 g/mol. The second-order valence-electron chi connectivity index (χ2n) is 9.39. The lowest BCUT2D eigenvalue weighted by Crippen LogP contribution is -2.48. The van der Waals surface area contributed by atoms with Gasteiger partial charge in [0.15, 0.2) is 6.61 Å². The Balaban J connectivity index is 1.35. The zero-order valence-electron chi connectivity index (χ0n) is 17.8. The number of benzene rings is 1. The minimum atomic E-state index is -0.655. The molecule has 2 amide bonds. The van der Waals surface area contributed by atoms with E-state index >= 15 is 0 Å². The topological polar surface area (TPSA) is 88.1 Å². The highest BCUT2D eigenvalue weighted by Gasteiger charge is 2.61. The van der Waals surface area contributed by atoms with Crippen molar-refractivity contribution in [1.29, 1.82) is 0 Å². The van der Waals surface area contributed by atoms with E-state index in [0.717, 1.165) is 12.8 Å². The molecule has 3 atom stereocenters. The summed E-state index contributed by atoms with van der Waals surface area (Å²) in [5.41, 5.74) is 1.02. The quantitative estimate of drug-likeness (QED) is 0.755. The SMILES string of the molecule is CC1(C)C2CCC1(C)C(NC(=O)COC(=O)C1=NN(c3ccccc3)C(=O)CC1)C2. The van der Waals surface area contributed by atoms with E-state index in [1.807, 2.05) is 6.07 Å². The van der Waals surface area contributed by atoms with Gasteiger partial charge in [-0.2, -0.15) is 5.10 Å². The van der Waals surface area contributed by atoms with Gasteiger partial charge in [-0.15, -0.1) is 0 Å². The molecule has 1 aromatic rings. The largest absolute Gasteiger partial charge is 0.451 e. The molecular weight excluding hydrogens is 382 g/mol. The molecule has 2 fully saturated rings. The summed E-state index contributed by atoms with van der Waals surface area (Å²) in [6.45, 7) is 6.49. The van der Waals surface area contributed by atoms with E-state index in [-0.39, 0.29) is 53.8 Å². The summed E-state index contributed by atoms with van der Waals surface area (Å²) in [5, 5.41) is 8.48. The molecule has 7 nitrogen and oxygen atoms in total. The number of amides is 2. The summed E-state index contributed by atoms with van der Waals surface area (Å²) in [7, 11) is 0. The number of nitrogens with one attached hydrogen (secondary N) is 1. The normalized spacial score (nSPS) is 29.5. The van der Waals surface area contributed by atoms with Gasteiger partial charge in [-0.1, -0.05) is 39.0 Å². The van der Waals surface area contributed by atoms with Gasteiger partial charge in [-0.3, -0.25) is 9.59 Å². The fourth-order valence-corrected chi connectivity index (χ4v) is 5.34. The van der Waals surface area contributed by atoms with Gasteiger partial charge < -0.3 is 10.1 Å². The fraction of sp³-hybridized carbons (Fsp3) is 0.565. The Morgan fingerprint density at radius 2 is 1.93 bits per heavy atom. The van der Waals surface area contributed by atoms with Crippen molar-refractivity contribution in [3.8, 4) is 0 Å². The molecule has 2 aliphatic carbocycles. The minimum absolute atomic E-state index is 0.0708. The third kappa shape index (κ3) is 3.40. The van der Waals surface area contributed by atoms with Crippen molar-refractivity contribution in [3.05, 3.63) is 30.3 Å². The highest BCUT2D eigenvalue weighted by atomic mass is 16.5. The number of carbonyl (C=O) groups is 3. The average molecular weight is 412 g/mol. The Kier molecular flexibility index (Phi) is 5.16. The van der Waals surface area contributed by atoms with Crippen LogP contribution in [0, 0.1) is 16.7 Å². The maximum Gasteiger partial charge on any atom is 0.355 e. The Labute approximate surface area is 176 Å². The van der Waals surface area contributed by atoms with E-state index in [1.54, 1.807) is 24.3 Å². The predicted octanol–water partition coefficient (Wildman–Crippen LogP) is 3.04. The van der Waals surface area contributed by atoms with Gasteiger partial charge in [-0.25, -0.2) is 9.80 Å². The third-order valence-corrected chi connectivity index (χ3v) is 7.73. The van der Waals surface area contributed by atoms with Gasteiger partial charge >= 0.3 is 5.97 Å². The van der Waals surface area contributed by atoms with E-state index in [9.17, 15) is 14.4 Å². The van der Waals surface area contributed by atoms with Crippen molar-refractivity contribution in [3.63, 3.8) is 0 Å². The molecule has 3 unspecified atom stereocenters. The number of fused-ring (bicyclic) bond motifs is 2. The molecular formula is C23H29N3O4. The van der Waals surface area contributed by atoms with Crippen molar-refractivity contribution < 1.29 is 19.1 Å². The summed E-state index contributed by atoms with van der Waals surface area (Å²) >= 11 is 0. The van der Waals surface area contributed by atoms with Crippen LogP contribution in [0.3, 0.4) is 0 Å². The number of hydrazone groups is 1. The number of hydrogen-bond acceptors (Lipinski definition) is 5. The van der Waals surface area contributed by atoms with Crippen LogP contribution in [0.4, 0.5) is 5.69 Å². The summed E-state index contributed by atoms with van der Waals surface area (Å²) in [6.07, 6.45) is 3.67. The standard InChI is InChI=1S/C23H29N3O4/c1-22(2)15-11-12-23(22,3)18(13-15)24-19(27)14-30-21(29)17-9-10-20(28)26(25-17)16-7-5-4-6-8-16/h4-8,15,18H,9-14H2,1-3H3,(H,24,27). The first kappa shape index (κ1) is 20.6. The van der Waals surface area contributed by atoms with Gasteiger partial charge in [0, 0.05) is 18.9 Å². The number of esters is 1. The molecule has 2 bridgehead atoms. The second-order valence-corrected chi connectivity index (χ2v) is 9.39. The van der Waals surface area contributed by atoms with E-state index in [4.69, 9.17) is 4.74 Å². The maximum absolute atomic E-state index is 12.5. The second kappa shape index (κ2) is 7.52. The minimum Gasteiger partial charge on any atom is -0.451 e. The number of hydrogen-bond donors (Lipinski definition) is 1. The third-order valence-electron chi connectivity index (χ3n) is 7.73. The average Bonchev–Trinajstić information content (AvgIpc) is 3.06. The number of rotatable bonds is 5. The molecule has 0 radical (unpaired) electrons. The van der Waals surface area contributed by atoms with Crippen LogP contribution < -0.4 is 10.3 Å². The molecule has 1 aliphatic heterocycles.